The van der Waals surface area contributed by atoms with Crippen molar-refractivity contribution >= 4 is 12.0 Å². The van der Waals surface area contributed by atoms with Crippen molar-refractivity contribution in [1.29, 1.82) is 0 Å². The van der Waals surface area contributed by atoms with Gasteiger partial charge in [0.1, 0.15) is 11.5 Å². The normalized spacial score (nSPS) is 13.0. The van der Waals surface area contributed by atoms with Gasteiger partial charge in [-0.25, -0.2) is 0 Å². The van der Waals surface area contributed by atoms with Crippen LogP contribution in [0.25, 0.3) is 6.08 Å². The second kappa shape index (κ2) is 11.5. The van der Waals surface area contributed by atoms with Crippen LogP contribution in [0.3, 0.4) is 0 Å². The van der Waals surface area contributed by atoms with Gasteiger partial charge >= 0.3 is 5.97 Å². The van der Waals surface area contributed by atoms with Crippen LogP contribution < -0.4 is 4.74 Å². The van der Waals surface area contributed by atoms with Crippen LogP contribution in [0.15, 0.2) is 54.6 Å². The molecule has 0 aliphatic heterocycles. The number of hydrogen-bond donors (Lipinski definition) is 0. The standard InChI is InChI=1S/C26H35NO3/c1-6-7-8-9-11-21-13-15-23(16-14-21)30-24(18-22-12-10-17-27-19-22)25(26(3,4)5)29-20(2)28/h10,12-19,25H,6-9,11H2,1-5H3/b24-18+. The van der Waals surface area contributed by atoms with Gasteiger partial charge in [0.2, 0.25) is 0 Å². The zero-order chi connectivity index (χ0) is 22.0. The number of ether oxygens (including phenoxy) is 2. The number of hydrogen-bond acceptors (Lipinski definition) is 4. The molecule has 1 aromatic carbocycles. The van der Waals surface area contributed by atoms with Crippen molar-refractivity contribution in [1.82, 2.24) is 4.98 Å². The van der Waals surface area contributed by atoms with Crippen molar-refractivity contribution in [2.24, 2.45) is 5.41 Å². The van der Waals surface area contributed by atoms with Gasteiger partial charge in [0, 0.05) is 24.7 Å². The van der Waals surface area contributed by atoms with E-state index in [2.05, 4.69) is 24.0 Å². The van der Waals surface area contributed by atoms with E-state index >= 15 is 0 Å². The Morgan fingerprint density at radius 1 is 1.10 bits per heavy atom. The van der Waals surface area contributed by atoms with E-state index in [9.17, 15) is 4.79 Å². The molecule has 4 nitrogen and oxygen atoms in total. The Morgan fingerprint density at radius 2 is 1.83 bits per heavy atom. The Bertz CT molecular complexity index is 804. The molecule has 1 heterocycles. The molecular weight excluding hydrogens is 374 g/mol. The summed E-state index contributed by atoms with van der Waals surface area (Å²) in [5.41, 5.74) is 1.86. The number of carbonyl (C=O) groups is 1. The Morgan fingerprint density at radius 3 is 2.40 bits per heavy atom. The molecule has 1 unspecified atom stereocenters. The first-order valence-corrected chi connectivity index (χ1v) is 10.8. The van der Waals surface area contributed by atoms with E-state index in [1.54, 1.807) is 12.4 Å². The highest BCUT2D eigenvalue weighted by Crippen LogP contribution is 2.31. The first-order chi connectivity index (χ1) is 14.3. The lowest BCUT2D eigenvalue weighted by atomic mass is 9.87. The molecule has 1 atom stereocenters. The molecule has 0 bridgehead atoms. The first-order valence-electron chi connectivity index (χ1n) is 10.8. The van der Waals surface area contributed by atoms with Crippen LogP contribution in [-0.4, -0.2) is 17.1 Å². The number of aromatic nitrogens is 1. The molecule has 2 aromatic rings. The molecule has 0 saturated carbocycles. The molecule has 0 N–H and O–H groups in total. The summed E-state index contributed by atoms with van der Waals surface area (Å²) in [7, 11) is 0. The number of benzene rings is 1. The summed E-state index contributed by atoms with van der Waals surface area (Å²) in [6.07, 6.45) is 10.9. The van der Waals surface area contributed by atoms with E-state index in [-0.39, 0.29) is 11.4 Å². The molecule has 0 fully saturated rings. The molecule has 0 saturated heterocycles. The summed E-state index contributed by atoms with van der Waals surface area (Å²) in [6, 6.07) is 12.0. The highest BCUT2D eigenvalue weighted by atomic mass is 16.6. The highest BCUT2D eigenvalue weighted by molar-refractivity contribution is 5.67. The van der Waals surface area contributed by atoms with E-state index in [1.807, 2.05) is 51.1 Å². The van der Waals surface area contributed by atoms with Gasteiger partial charge in [0.25, 0.3) is 0 Å². The average molecular weight is 410 g/mol. The van der Waals surface area contributed by atoms with E-state index < -0.39 is 6.10 Å². The summed E-state index contributed by atoms with van der Waals surface area (Å²) >= 11 is 0. The van der Waals surface area contributed by atoms with Crippen molar-refractivity contribution in [2.45, 2.75) is 72.8 Å². The average Bonchev–Trinajstić information content (AvgIpc) is 2.70. The minimum absolute atomic E-state index is 0.334. The van der Waals surface area contributed by atoms with Gasteiger partial charge in [-0.1, -0.05) is 65.2 Å². The fourth-order valence-corrected chi connectivity index (χ4v) is 3.23. The molecule has 1 aromatic heterocycles. The van der Waals surface area contributed by atoms with Gasteiger partial charge in [0.15, 0.2) is 6.10 Å². The number of aryl methyl sites for hydroxylation is 1. The summed E-state index contributed by atoms with van der Waals surface area (Å²) < 4.78 is 11.9. The molecule has 4 heteroatoms. The number of pyridine rings is 1. The lowest BCUT2D eigenvalue weighted by Gasteiger charge is -2.31. The van der Waals surface area contributed by atoms with E-state index in [4.69, 9.17) is 9.47 Å². The van der Waals surface area contributed by atoms with E-state index in [0.717, 1.165) is 17.7 Å². The fraction of sp³-hybridized carbons (Fsp3) is 0.462. The zero-order valence-electron chi connectivity index (χ0n) is 19.0. The number of esters is 1. The van der Waals surface area contributed by atoms with Gasteiger partial charge in [0.05, 0.1) is 0 Å². The van der Waals surface area contributed by atoms with Crippen molar-refractivity contribution in [3.63, 3.8) is 0 Å². The second-order valence-corrected chi connectivity index (χ2v) is 8.75. The number of nitrogens with zero attached hydrogens (tertiary/aromatic N) is 1. The van der Waals surface area contributed by atoms with Gasteiger partial charge in [-0.05, 0) is 48.2 Å². The molecule has 0 aliphatic rings. The summed E-state index contributed by atoms with van der Waals surface area (Å²) in [5.74, 6) is 0.975. The lowest BCUT2D eigenvalue weighted by Crippen LogP contribution is -2.34. The minimum Gasteiger partial charge on any atom is -0.458 e. The number of unbranched alkanes of at least 4 members (excludes halogenated alkanes) is 3. The SMILES string of the molecule is CCCCCCc1ccc(O/C(=C/c2cccnc2)C(OC(C)=O)C(C)(C)C)cc1. The molecular formula is C26H35NO3. The van der Waals surface area contributed by atoms with Crippen LogP contribution >= 0.6 is 0 Å². The molecule has 30 heavy (non-hydrogen) atoms. The quantitative estimate of drug-likeness (QED) is 0.252. The van der Waals surface area contributed by atoms with Crippen LogP contribution in [0.1, 0.15) is 71.4 Å². The maximum Gasteiger partial charge on any atom is 0.303 e. The van der Waals surface area contributed by atoms with Crippen LogP contribution in [-0.2, 0) is 16.0 Å². The Hall–Kier alpha value is -2.62. The maximum absolute atomic E-state index is 11.8. The Balaban J connectivity index is 2.24. The highest BCUT2D eigenvalue weighted by Gasteiger charge is 2.33. The van der Waals surface area contributed by atoms with Crippen molar-refractivity contribution in [3.8, 4) is 5.75 Å². The third-order valence-corrected chi connectivity index (χ3v) is 4.80. The Labute approximate surface area is 181 Å². The molecule has 2 rings (SSSR count). The summed E-state index contributed by atoms with van der Waals surface area (Å²) in [4.78, 5) is 16.0. The largest absolute Gasteiger partial charge is 0.458 e. The fourth-order valence-electron chi connectivity index (χ4n) is 3.23. The van der Waals surface area contributed by atoms with Crippen molar-refractivity contribution < 1.29 is 14.3 Å². The lowest BCUT2D eigenvalue weighted by molar-refractivity contribution is -0.150. The van der Waals surface area contributed by atoms with Crippen molar-refractivity contribution in [2.75, 3.05) is 0 Å². The smallest absolute Gasteiger partial charge is 0.303 e. The van der Waals surface area contributed by atoms with Crippen LogP contribution in [0, 0.1) is 5.41 Å². The maximum atomic E-state index is 11.8. The van der Waals surface area contributed by atoms with Gasteiger partial charge in [-0.15, -0.1) is 0 Å². The molecule has 0 aliphatic carbocycles. The summed E-state index contributed by atoms with van der Waals surface area (Å²) in [5, 5.41) is 0. The van der Waals surface area contributed by atoms with Gasteiger partial charge < -0.3 is 9.47 Å². The van der Waals surface area contributed by atoms with Crippen LogP contribution in [0.2, 0.25) is 0 Å². The van der Waals surface area contributed by atoms with Crippen molar-refractivity contribution in [3.05, 3.63) is 65.7 Å². The molecule has 162 valence electrons. The van der Waals surface area contributed by atoms with Crippen LogP contribution in [0.4, 0.5) is 0 Å². The third kappa shape index (κ3) is 8.02. The Kier molecular flexibility index (Phi) is 9.10. The summed E-state index contributed by atoms with van der Waals surface area (Å²) in [6.45, 7) is 9.73. The minimum atomic E-state index is -0.524. The molecule has 0 spiro atoms. The molecule has 0 radical (unpaired) electrons. The molecule has 0 amide bonds. The van der Waals surface area contributed by atoms with Gasteiger partial charge in [-0.3, -0.25) is 9.78 Å². The number of carbonyl (C=O) groups excluding carboxylic acids is 1. The first kappa shape index (κ1) is 23.7. The van der Waals surface area contributed by atoms with Crippen LogP contribution in [0.5, 0.6) is 5.75 Å². The predicted molar refractivity (Wildman–Crippen MR) is 122 cm³/mol. The van der Waals surface area contributed by atoms with E-state index in [1.165, 1.54) is 38.2 Å². The second-order valence-electron chi connectivity index (χ2n) is 8.75. The van der Waals surface area contributed by atoms with Gasteiger partial charge in [-0.2, -0.15) is 0 Å². The van der Waals surface area contributed by atoms with E-state index in [0.29, 0.717) is 5.76 Å². The predicted octanol–water partition coefficient (Wildman–Crippen LogP) is 6.60. The topological polar surface area (TPSA) is 48.4 Å². The number of rotatable bonds is 10. The zero-order valence-corrected chi connectivity index (χ0v) is 19.0. The monoisotopic (exact) mass is 409 g/mol. The third-order valence-electron chi connectivity index (χ3n) is 4.80.